The SMILES string of the molecule is CC(=O)N1CC[C@H]2CC[C@@H](C(=O)C[C@@H](CCC(N)=O)[C@@H](C)OCc3ccc(C(C)C)cc3)N2C(=O)[C@@H](CC(=O)c2cc3cc(C(=O)P(=O)(O)O)ccc3[nH]2)C1. The Hall–Kier alpha value is -4.49. The Morgan fingerprint density at radius 2 is 1.71 bits per heavy atom. The topological polar surface area (TPSA) is 217 Å². The van der Waals surface area contributed by atoms with Crippen LogP contribution < -0.4 is 5.73 Å². The predicted octanol–water partition coefficient (Wildman–Crippen LogP) is 4.86. The average molecular weight is 779 g/mol. The molecule has 296 valence electrons. The molecule has 3 aromatic rings. The molecule has 5 N–H and O–H groups in total. The minimum absolute atomic E-state index is 0.0184. The van der Waals surface area contributed by atoms with E-state index in [9.17, 15) is 43.1 Å². The van der Waals surface area contributed by atoms with Crippen LogP contribution in [0.3, 0.4) is 0 Å². The van der Waals surface area contributed by atoms with E-state index in [0.29, 0.717) is 55.7 Å². The first-order valence-electron chi connectivity index (χ1n) is 18.8. The molecule has 0 bridgehead atoms. The van der Waals surface area contributed by atoms with Gasteiger partial charge in [-0.15, -0.1) is 0 Å². The Morgan fingerprint density at radius 1 is 1.00 bits per heavy atom. The number of aromatic nitrogens is 1. The van der Waals surface area contributed by atoms with Gasteiger partial charge in [0.2, 0.25) is 17.7 Å². The number of nitrogens with zero attached hydrogens (tertiary/aromatic N) is 2. The summed E-state index contributed by atoms with van der Waals surface area (Å²) in [7, 11) is -5.02. The molecule has 55 heavy (non-hydrogen) atoms. The minimum atomic E-state index is -5.02. The van der Waals surface area contributed by atoms with Crippen LogP contribution in [0, 0.1) is 11.8 Å². The number of carbonyl (C=O) groups is 6. The molecule has 0 aliphatic carbocycles. The predicted molar refractivity (Wildman–Crippen MR) is 204 cm³/mol. The molecule has 2 aliphatic rings. The highest BCUT2D eigenvalue weighted by Crippen LogP contribution is 2.40. The summed E-state index contributed by atoms with van der Waals surface area (Å²) >= 11 is 0. The largest absolute Gasteiger partial charge is 0.396 e. The monoisotopic (exact) mass is 778 g/mol. The lowest BCUT2D eigenvalue weighted by Gasteiger charge is -2.38. The van der Waals surface area contributed by atoms with Crippen molar-refractivity contribution in [2.75, 3.05) is 13.1 Å². The van der Waals surface area contributed by atoms with Crippen molar-refractivity contribution in [3.63, 3.8) is 0 Å². The van der Waals surface area contributed by atoms with Crippen molar-refractivity contribution >= 4 is 53.3 Å². The first kappa shape index (κ1) is 41.7. The van der Waals surface area contributed by atoms with E-state index in [1.807, 2.05) is 19.1 Å². The highest BCUT2D eigenvalue weighted by molar-refractivity contribution is 7.70. The highest BCUT2D eigenvalue weighted by Gasteiger charge is 2.45. The Morgan fingerprint density at radius 3 is 2.35 bits per heavy atom. The Kier molecular flexibility index (Phi) is 13.3. The zero-order valence-electron chi connectivity index (χ0n) is 31.7. The van der Waals surface area contributed by atoms with Gasteiger partial charge in [0.1, 0.15) is 0 Å². The summed E-state index contributed by atoms with van der Waals surface area (Å²) < 4.78 is 17.7. The van der Waals surface area contributed by atoms with Gasteiger partial charge in [-0.1, -0.05) is 38.1 Å². The fourth-order valence-electron chi connectivity index (χ4n) is 7.71. The van der Waals surface area contributed by atoms with Gasteiger partial charge in [0, 0.05) is 61.8 Å². The minimum Gasteiger partial charge on any atom is -0.374 e. The van der Waals surface area contributed by atoms with Crippen LogP contribution >= 0.6 is 7.60 Å². The number of H-pyrrole nitrogens is 1. The van der Waals surface area contributed by atoms with E-state index in [1.165, 1.54) is 36.8 Å². The lowest BCUT2D eigenvalue weighted by Crippen LogP contribution is -2.53. The van der Waals surface area contributed by atoms with Crippen molar-refractivity contribution in [3.05, 3.63) is 70.9 Å². The third-order valence-corrected chi connectivity index (χ3v) is 11.8. The first-order valence-corrected chi connectivity index (χ1v) is 20.4. The first-order chi connectivity index (χ1) is 25.9. The number of amides is 3. The number of aromatic amines is 1. The maximum Gasteiger partial charge on any atom is 0.396 e. The average Bonchev–Trinajstić information content (AvgIpc) is 3.76. The second kappa shape index (κ2) is 17.5. The molecule has 14 nitrogen and oxygen atoms in total. The van der Waals surface area contributed by atoms with Crippen LogP contribution in [-0.2, 0) is 35.1 Å². The van der Waals surface area contributed by atoms with Crippen molar-refractivity contribution < 1.29 is 47.9 Å². The Bertz CT molecular complexity index is 1990. The lowest BCUT2D eigenvalue weighted by atomic mass is 9.89. The molecular weight excluding hydrogens is 727 g/mol. The van der Waals surface area contributed by atoms with E-state index < -0.39 is 48.8 Å². The zero-order valence-corrected chi connectivity index (χ0v) is 32.6. The van der Waals surface area contributed by atoms with Gasteiger partial charge in [0.05, 0.1) is 30.4 Å². The van der Waals surface area contributed by atoms with Gasteiger partial charge in [-0.3, -0.25) is 33.3 Å². The van der Waals surface area contributed by atoms with Gasteiger partial charge in [0.25, 0.3) is 5.52 Å². The van der Waals surface area contributed by atoms with Crippen molar-refractivity contribution in [1.82, 2.24) is 14.8 Å². The van der Waals surface area contributed by atoms with E-state index in [4.69, 9.17) is 10.5 Å². The van der Waals surface area contributed by atoms with Crippen LogP contribution in [0.4, 0.5) is 0 Å². The number of primary amides is 1. The van der Waals surface area contributed by atoms with Crippen LogP contribution in [0.15, 0.2) is 48.5 Å². The maximum atomic E-state index is 14.5. The highest BCUT2D eigenvalue weighted by atomic mass is 31.2. The van der Waals surface area contributed by atoms with Gasteiger partial charge < -0.3 is 35.0 Å². The second-order valence-corrected chi connectivity index (χ2v) is 16.7. The van der Waals surface area contributed by atoms with Crippen LogP contribution in [0.5, 0.6) is 0 Å². The molecule has 3 heterocycles. The van der Waals surface area contributed by atoms with Gasteiger partial charge in [-0.05, 0) is 79.8 Å². The number of ketones is 2. The maximum absolute atomic E-state index is 14.5. The summed E-state index contributed by atoms with van der Waals surface area (Å²) in [6.07, 6.45) is 1.25. The molecule has 0 spiro atoms. The van der Waals surface area contributed by atoms with Crippen molar-refractivity contribution in [3.8, 4) is 0 Å². The van der Waals surface area contributed by atoms with Gasteiger partial charge in [-0.2, -0.15) is 0 Å². The Balaban J connectivity index is 1.33. The fourth-order valence-corrected chi connectivity index (χ4v) is 8.19. The number of hydrogen-bond donors (Lipinski definition) is 4. The molecule has 0 radical (unpaired) electrons. The third kappa shape index (κ3) is 10.2. The molecule has 1 aromatic heterocycles. The Labute approximate surface area is 320 Å². The molecule has 0 unspecified atom stereocenters. The second-order valence-electron chi connectivity index (χ2n) is 15.3. The molecule has 2 saturated heterocycles. The number of nitrogens with one attached hydrogen (secondary N) is 1. The summed E-state index contributed by atoms with van der Waals surface area (Å²) in [5, 5.41) is 0.371. The van der Waals surface area contributed by atoms with Crippen LogP contribution in [0.25, 0.3) is 10.9 Å². The van der Waals surface area contributed by atoms with Crippen LogP contribution in [0.1, 0.15) is 111 Å². The molecule has 3 amide bonds. The fraction of sp³-hybridized carbons (Fsp3) is 0.500. The number of rotatable bonds is 16. The quantitative estimate of drug-likeness (QED) is 0.114. The molecule has 5 rings (SSSR count). The zero-order chi connectivity index (χ0) is 40.2. The molecule has 2 aliphatic heterocycles. The van der Waals surface area contributed by atoms with Crippen LogP contribution in [-0.4, -0.2) is 90.7 Å². The lowest BCUT2D eigenvalue weighted by molar-refractivity contribution is -0.147. The molecule has 2 fully saturated rings. The molecule has 2 aromatic carbocycles. The van der Waals surface area contributed by atoms with Crippen molar-refractivity contribution in [2.45, 2.75) is 103 Å². The number of benzene rings is 2. The number of nitrogens with two attached hydrogens (primary N) is 1. The van der Waals surface area contributed by atoms with E-state index >= 15 is 0 Å². The number of Topliss-reactive ketones (excluding diaryl/α,β-unsaturated/α-hetero) is 2. The third-order valence-electron chi connectivity index (χ3n) is 11.0. The number of carbonyl (C=O) groups excluding carboxylic acids is 6. The van der Waals surface area contributed by atoms with E-state index in [2.05, 4.69) is 31.0 Å². The summed E-state index contributed by atoms with van der Waals surface area (Å²) in [5.41, 5.74) is 6.70. The molecule has 15 heteroatoms. The standard InChI is InChI=1S/C40H51N4O10P/c1-23(2)27-7-5-26(6-8-27)22-54-24(3)28(10-14-38(41)48)19-37(47)35-13-11-32-15-16-43(25(4)45)21-31(39(49)44(32)35)20-36(46)34-18-30-17-29(9-12-33(30)42-34)40(50)55(51,52)53/h5-9,12,17-18,23-24,28,31-32,35,42H,10-11,13-16,19-22H2,1-4H3,(H2,41,48)(H2,51,52,53)/t24-,28-,31+,32-,35+/m1/s1. The van der Waals surface area contributed by atoms with Gasteiger partial charge >= 0.3 is 7.60 Å². The summed E-state index contributed by atoms with van der Waals surface area (Å²) in [6.45, 7) is 8.18. The van der Waals surface area contributed by atoms with Gasteiger partial charge in [-0.25, -0.2) is 0 Å². The summed E-state index contributed by atoms with van der Waals surface area (Å²) in [5.74, 6) is -2.63. The smallest absolute Gasteiger partial charge is 0.374 e. The number of fused-ring (bicyclic) bond motifs is 2. The summed E-state index contributed by atoms with van der Waals surface area (Å²) in [6, 6.07) is 12.5. The molecule has 5 atom stereocenters. The normalized spacial score (nSPS) is 20.2. The van der Waals surface area contributed by atoms with E-state index in [-0.39, 0.29) is 60.7 Å². The number of ether oxygens (including phenoxy) is 1. The van der Waals surface area contributed by atoms with Gasteiger partial charge in [0.15, 0.2) is 11.6 Å². The van der Waals surface area contributed by atoms with Crippen molar-refractivity contribution in [2.24, 2.45) is 17.6 Å². The van der Waals surface area contributed by atoms with Crippen molar-refractivity contribution in [1.29, 1.82) is 0 Å². The molecular formula is C40H51N4O10P. The van der Waals surface area contributed by atoms with E-state index in [0.717, 1.165) is 5.56 Å². The summed E-state index contributed by atoms with van der Waals surface area (Å²) in [4.78, 5) is 104. The van der Waals surface area contributed by atoms with Crippen LogP contribution in [0.2, 0.25) is 0 Å². The van der Waals surface area contributed by atoms with E-state index in [1.54, 1.807) is 9.80 Å². The number of hydrogen-bond acceptors (Lipinski definition) is 8. The molecule has 0 saturated carbocycles.